The molecule has 1 rings (SSSR count). The fraction of sp³-hybridized carbons (Fsp3) is 0.400. The van der Waals surface area contributed by atoms with Crippen LogP contribution in [0.2, 0.25) is 5.02 Å². The second-order valence-corrected chi connectivity index (χ2v) is 4.33. The minimum absolute atomic E-state index is 0.0327. The zero-order chi connectivity index (χ0) is 11.4. The summed E-state index contributed by atoms with van der Waals surface area (Å²) in [6, 6.07) is 2.61. The van der Waals surface area contributed by atoms with E-state index in [1.165, 1.54) is 12.1 Å². The summed E-state index contributed by atoms with van der Waals surface area (Å²) < 4.78 is 18.9. The molecule has 1 aromatic carbocycles. The molecule has 0 aliphatic rings. The Balaban J connectivity index is 2.73. The van der Waals surface area contributed by atoms with Gasteiger partial charge in [-0.3, -0.25) is 0 Å². The molecule has 0 spiro atoms. The lowest BCUT2D eigenvalue weighted by Gasteiger charge is -2.12. The number of ether oxygens (including phenoxy) is 1. The predicted octanol–water partition coefficient (Wildman–Crippen LogP) is 3.39. The minimum Gasteiger partial charge on any atom is -0.490 e. The summed E-state index contributed by atoms with van der Waals surface area (Å²) in [6.45, 7) is 1.97. The van der Waals surface area contributed by atoms with Crippen LogP contribution in [0.25, 0.3) is 0 Å². The van der Waals surface area contributed by atoms with Crippen LogP contribution >= 0.6 is 27.5 Å². The highest BCUT2D eigenvalue weighted by molar-refractivity contribution is 9.10. The monoisotopic (exact) mass is 296 g/mol. The van der Waals surface area contributed by atoms with Crippen LogP contribution in [-0.4, -0.2) is 17.8 Å². The van der Waals surface area contributed by atoms with Gasteiger partial charge in [-0.05, 0) is 28.4 Å². The van der Waals surface area contributed by atoms with Crippen molar-refractivity contribution < 1.29 is 14.2 Å². The SMILES string of the molecule is CCC(O)COc1cc(F)c(Cl)cc1Br. The smallest absolute Gasteiger partial charge is 0.145 e. The molecule has 0 bridgehead atoms. The van der Waals surface area contributed by atoms with Crippen LogP contribution in [0.1, 0.15) is 13.3 Å². The van der Waals surface area contributed by atoms with E-state index in [0.29, 0.717) is 16.6 Å². The first-order valence-electron chi connectivity index (χ1n) is 4.50. The third kappa shape index (κ3) is 3.63. The Labute approximate surface area is 101 Å². The van der Waals surface area contributed by atoms with Gasteiger partial charge < -0.3 is 9.84 Å². The van der Waals surface area contributed by atoms with Crippen molar-refractivity contribution in [2.45, 2.75) is 19.4 Å². The van der Waals surface area contributed by atoms with Crippen molar-refractivity contribution in [2.24, 2.45) is 0 Å². The van der Waals surface area contributed by atoms with Crippen molar-refractivity contribution in [3.8, 4) is 5.75 Å². The average molecular weight is 298 g/mol. The number of hydrogen-bond donors (Lipinski definition) is 1. The van der Waals surface area contributed by atoms with Crippen molar-refractivity contribution in [3.63, 3.8) is 0 Å². The summed E-state index contributed by atoms with van der Waals surface area (Å²) in [5.41, 5.74) is 0. The van der Waals surface area contributed by atoms with Crippen molar-refractivity contribution in [1.29, 1.82) is 0 Å². The fourth-order valence-corrected chi connectivity index (χ4v) is 1.67. The molecule has 0 radical (unpaired) electrons. The molecule has 0 amide bonds. The van der Waals surface area contributed by atoms with E-state index in [1.807, 2.05) is 6.92 Å². The first-order chi connectivity index (χ1) is 7.04. The summed E-state index contributed by atoms with van der Waals surface area (Å²) in [5.74, 6) is -0.203. The Kier molecular flexibility index (Phi) is 4.83. The molecule has 0 saturated carbocycles. The van der Waals surface area contributed by atoms with Gasteiger partial charge in [-0.1, -0.05) is 18.5 Å². The first kappa shape index (κ1) is 12.7. The standard InChI is InChI=1S/C10H11BrClFO2/c1-2-6(14)5-15-10-4-9(13)8(12)3-7(10)11/h3-4,6,14H,2,5H2,1H3. The first-order valence-corrected chi connectivity index (χ1v) is 5.67. The number of halogens is 3. The summed E-state index contributed by atoms with van der Waals surface area (Å²) in [5, 5.41) is 9.31. The van der Waals surface area contributed by atoms with Crippen molar-refractivity contribution >= 4 is 27.5 Å². The van der Waals surface area contributed by atoms with Gasteiger partial charge in [0.2, 0.25) is 0 Å². The van der Waals surface area contributed by atoms with Gasteiger partial charge in [0.05, 0.1) is 15.6 Å². The average Bonchev–Trinajstić information content (AvgIpc) is 2.21. The zero-order valence-corrected chi connectivity index (χ0v) is 10.5. The van der Waals surface area contributed by atoms with E-state index < -0.39 is 11.9 Å². The highest BCUT2D eigenvalue weighted by atomic mass is 79.9. The maximum atomic E-state index is 13.1. The normalized spacial score (nSPS) is 12.6. The van der Waals surface area contributed by atoms with E-state index in [4.69, 9.17) is 16.3 Å². The second-order valence-electron chi connectivity index (χ2n) is 3.07. The zero-order valence-electron chi connectivity index (χ0n) is 8.14. The van der Waals surface area contributed by atoms with Crippen LogP contribution < -0.4 is 4.74 Å². The van der Waals surface area contributed by atoms with Gasteiger partial charge in [0, 0.05) is 6.07 Å². The van der Waals surface area contributed by atoms with Gasteiger partial charge in [0.25, 0.3) is 0 Å². The number of hydrogen-bond acceptors (Lipinski definition) is 2. The van der Waals surface area contributed by atoms with Gasteiger partial charge in [-0.25, -0.2) is 4.39 Å². The minimum atomic E-state index is -0.546. The van der Waals surface area contributed by atoms with E-state index >= 15 is 0 Å². The third-order valence-corrected chi connectivity index (χ3v) is 2.79. The molecular formula is C10H11BrClFO2. The Bertz CT molecular complexity index is 346. The van der Waals surface area contributed by atoms with Crippen LogP contribution in [0.3, 0.4) is 0 Å². The molecule has 84 valence electrons. The Morgan fingerprint density at radius 2 is 2.27 bits per heavy atom. The molecule has 0 aliphatic carbocycles. The Morgan fingerprint density at radius 3 is 2.87 bits per heavy atom. The summed E-state index contributed by atoms with van der Waals surface area (Å²) in [6.07, 6.45) is 0.0453. The molecule has 1 N–H and O–H groups in total. The number of aliphatic hydroxyl groups excluding tert-OH is 1. The van der Waals surface area contributed by atoms with Gasteiger partial charge in [0.1, 0.15) is 18.2 Å². The molecule has 1 unspecified atom stereocenters. The van der Waals surface area contributed by atoms with Crippen LogP contribution in [-0.2, 0) is 0 Å². The molecule has 15 heavy (non-hydrogen) atoms. The maximum Gasteiger partial charge on any atom is 0.145 e. The number of aliphatic hydroxyl groups is 1. The van der Waals surface area contributed by atoms with E-state index in [-0.39, 0.29) is 11.6 Å². The molecule has 0 heterocycles. The lowest BCUT2D eigenvalue weighted by atomic mass is 10.3. The molecule has 0 aliphatic heterocycles. The molecule has 0 saturated heterocycles. The number of rotatable bonds is 4. The van der Waals surface area contributed by atoms with Crippen molar-refractivity contribution in [1.82, 2.24) is 0 Å². The van der Waals surface area contributed by atoms with Crippen molar-refractivity contribution in [3.05, 3.63) is 27.4 Å². The molecule has 5 heteroatoms. The molecule has 1 aromatic rings. The topological polar surface area (TPSA) is 29.5 Å². The van der Waals surface area contributed by atoms with E-state index in [1.54, 1.807) is 0 Å². The highest BCUT2D eigenvalue weighted by Crippen LogP contribution is 2.30. The lowest BCUT2D eigenvalue weighted by Crippen LogP contribution is -2.16. The summed E-state index contributed by atoms with van der Waals surface area (Å²) in [4.78, 5) is 0. The molecule has 1 atom stereocenters. The van der Waals surface area contributed by atoms with Crippen LogP contribution in [0.15, 0.2) is 16.6 Å². The van der Waals surface area contributed by atoms with Gasteiger partial charge >= 0.3 is 0 Å². The quantitative estimate of drug-likeness (QED) is 0.863. The Morgan fingerprint density at radius 1 is 1.60 bits per heavy atom. The van der Waals surface area contributed by atoms with Crippen LogP contribution in [0.4, 0.5) is 4.39 Å². The van der Waals surface area contributed by atoms with Crippen molar-refractivity contribution in [2.75, 3.05) is 6.61 Å². The lowest BCUT2D eigenvalue weighted by molar-refractivity contribution is 0.104. The molecular weight excluding hydrogens is 286 g/mol. The predicted molar refractivity (Wildman–Crippen MR) is 60.9 cm³/mol. The van der Waals surface area contributed by atoms with Gasteiger partial charge in [0.15, 0.2) is 0 Å². The van der Waals surface area contributed by atoms with E-state index in [0.717, 1.165) is 0 Å². The second kappa shape index (κ2) is 5.68. The van der Waals surface area contributed by atoms with Gasteiger partial charge in [-0.15, -0.1) is 0 Å². The summed E-state index contributed by atoms with van der Waals surface area (Å²) >= 11 is 8.76. The van der Waals surface area contributed by atoms with E-state index in [2.05, 4.69) is 15.9 Å². The molecule has 2 nitrogen and oxygen atoms in total. The fourth-order valence-electron chi connectivity index (χ4n) is 0.919. The molecule has 0 aromatic heterocycles. The summed E-state index contributed by atoms with van der Waals surface area (Å²) in [7, 11) is 0. The van der Waals surface area contributed by atoms with E-state index in [9.17, 15) is 9.50 Å². The van der Waals surface area contributed by atoms with Gasteiger partial charge in [-0.2, -0.15) is 0 Å². The Hall–Kier alpha value is -0.320. The van der Waals surface area contributed by atoms with Crippen LogP contribution in [0, 0.1) is 5.82 Å². The maximum absolute atomic E-state index is 13.1. The highest BCUT2D eigenvalue weighted by Gasteiger charge is 2.09. The third-order valence-electron chi connectivity index (χ3n) is 1.88. The van der Waals surface area contributed by atoms with Crippen LogP contribution in [0.5, 0.6) is 5.75 Å². The largest absolute Gasteiger partial charge is 0.490 e. The molecule has 0 fully saturated rings. The number of benzene rings is 1.